The van der Waals surface area contributed by atoms with Crippen molar-refractivity contribution < 1.29 is 9.18 Å². The Kier molecular flexibility index (Phi) is 4.17. The number of anilines is 1. The Hall–Kier alpha value is -2.21. The predicted octanol–water partition coefficient (Wildman–Crippen LogP) is 2.58. The molecule has 0 spiro atoms. The smallest absolute Gasteiger partial charge is 0.291 e. The van der Waals surface area contributed by atoms with Gasteiger partial charge >= 0.3 is 0 Å². The lowest BCUT2D eigenvalue weighted by atomic mass is 10.1. The zero-order chi connectivity index (χ0) is 16.6. The van der Waals surface area contributed by atoms with E-state index in [-0.39, 0.29) is 11.6 Å². The van der Waals surface area contributed by atoms with E-state index in [0.717, 1.165) is 30.9 Å². The number of hydrogen-bond acceptors (Lipinski definition) is 3. The number of nitrogens with zero attached hydrogens (tertiary/aromatic N) is 3. The zero-order valence-electron chi connectivity index (χ0n) is 13.6. The molecule has 0 fully saturated rings. The maximum atomic E-state index is 13.7. The Morgan fingerprint density at radius 3 is 2.78 bits per heavy atom. The summed E-state index contributed by atoms with van der Waals surface area (Å²) in [6, 6.07) is 6.57. The standard InChI is InChI=1S/C17H21FN4O/c1-11(2)22-9-8-15-14(10-22)19-16(21(15)3)17(23)20-13-7-5-4-6-12(13)18/h4-7,11H,8-10H2,1-3H3,(H,20,23). The summed E-state index contributed by atoms with van der Waals surface area (Å²) in [4.78, 5) is 19.3. The van der Waals surface area contributed by atoms with Crippen LogP contribution in [0.5, 0.6) is 0 Å². The molecule has 3 rings (SSSR count). The van der Waals surface area contributed by atoms with Crippen LogP contribution in [0.2, 0.25) is 0 Å². The summed E-state index contributed by atoms with van der Waals surface area (Å²) in [5.74, 6) is -0.516. The molecule has 0 bridgehead atoms. The highest BCUT2D eigenvalue weighted by molar-refractivity contribution is 6.02. The zero-order valence-corrected chi connectivity index (χ0v) is 13.6. The van der Waals surface area contributed by atoms with Crippen molar-refractivity contribution in [3.8, 4) is 0 Å². The van der Waals surface area contributed by atoms with E-state index < -0.39 is 5.82 Å². The highest BCUT2D eigenvalue weighted by atomic mass is 19.1. The van der Waals surface area contributed by atoms with E-state index in [9.17, 15) is 9.18 Å². The Morgan fingerprint density at radius 1 is 1.35 bits per heavy atom. The van der Waals surface area contributed by atoms with Gasteiger partial charge in [0.15, 0.2) is 5.82 Å². The summed E-state index contributed by atoms with van der Waals surface area (Å²) >= 11 is 0. The first-order valence-corrected chi connectivity index (χ1v) is 7.81. The van der Waals surface area contributed by atoms with Gasteiger partial charge in [0.2, 0.25) is 0 Å². The van der Waals surface area contributed by atoms with Crippen LogP contribution in [0, 0.1) is 5.82 Å². The number of aromatic nitrogens is 2. The second-order valence-electron chi connectivity index (χ2n) is 6.14. The Morgan fingerprint density at radius 2 is 2.09 bits per heavy atom. The van der Waals surface area contributed by atoms with Gasteiger partial charge in [-0.3, -0.25) is 9.69 Å². The molecule has 1 aromatic heterocycles. The van der Waals surface area contributed by atoms with Gasteiger partial charge in [0, 0.05) is 38.3 Å². The molecular weight excluding hydrogens is 295 g/mol. The van der Waals surface area contributed by atoms with Crippen molar-refractivity contribution >= 4 is 11.6 Å². The van der Waals surface area contributed by atoms with Gasteiger partial charge in [-0.2, -0.15) is 0 Å². The summed E-state index contributed by atoms with van der Waals surface area (Å²) in [5, 5.41) is 2.60. The molecule has 0 saturated heterocycles. The van der Waals surface area contributed by atoms with Crippen LogP contribution in [0.4, 0.5) is 10.1 Å². The Balaban J connectivity index is 1.84. The molecule has 2 heterocycles. The Labute approximate surface area is 135 Å². The van der Waals surface area contributed by atoms with Crippen molar-refractivity contribution in [1.29, 1.82) is 0 Å². The van der Waals surface area contributed by atoms with Crippen molar-refractivity contribution in [2.45, 2.75) is 32.9 Å². The van der Waals surface area contributed by atoms with Gasteiger partial charge in [0.25, 0.3) is 5.91 Å². The molecule has 0 saturated carbocycles. The third kappa shape index (κ3) is 2.99. The van der Waals surface area contributed by atoms with E-state index in [0.29, 0.717) is 11.9 Å². The summed E-state index contributed by atoms with van der Waals surface area (Å²) in [6.45, 7) is 6.01. The van der Waals surface area contributed by atoms with Crippen molar-refractivity contribution in [3.05, 3.63) is 47.3 Å². The number of para-hydroxylation sites is 1. The normalized spacial score (nSPS) is 14.8. The van der Waals surface area contributed by atoms with Crippen LogP contribution in [-0.4, -0.2) is 32.9 Å². The van der Waals surface area contributed by atoms with Crippen LogP contribution in [0.1, 0.15) is 35.9 Å². The molecule has 1 aliphatic heterocycles. The average Bonchev–Trinajstić information content (AvgIpc) is 2.86. The number of rotatable bonds is 3. The molecule has 0 radical (unpaired) electrons. The lowest BCUT2D eigenvalue weighted by Crippen LogP contribution is -2.36. The molecule has 0 aliphatic carbocycles. The van der Waals surface area contributed by atoms with E-state index in [2.05, 4.69) is 29.0 Å². The molecule has 122 valence electrons. The quantitative estimate of drug-likeness (QED) is 0.947. The van der Waals surface area contributed by atoms with Gasteiger partial charge < -0.3 is 9.88 Å². The Bertz CT molecular complexity index is 738. The van der Waals surface area contributed by atoms with E-state index in [1.807, 2.05) is 11.6 Å². The SMILES string of the molecule is CC(C)N1CCc2c(nc(C(=O)Nc3ccccc3F)n2C)C1. The van der Waals surface area contributed by atoms with Crippen LogP contribution in [0.3, 0.4) is 0 Å². The molecule has 23 heavy (non-hydrogen) atoms. The third-order valence-corrected chi connectivity index (χ3v) is 4.34. The highest BCUT2D eigenvalue weighted by Gasteiger charge is 2.26. The molecule has 2 aromatic rings. The average molecular weight is 316 g/mol. The van der Waals surface area contributed by atoms with Gasteiger partial charge in [-0.1, -0.05) is 12.1 Å². The van der Waals surface area contributed by atoms with Crippen LogP contribution in [0.15, 0.2) is 24.3 Å². The van der Waals surface area contributed by atoms with Crippen molar-refractivity contribution in [1.82, 2.24) is 14.5 Å². The number of hydrogen-bond donors (Lipinski definition) is 1. The van der Waals surface area contributed by atoms with Crippen molar-refractivity contribution in [2.75, 3.05) is 11.9 Å². The molecule has 0 atom stereocenters. The number of benzene rings is 1. The summed E-state index contributed by atoms with van der Waals surface area (Å²) in [7, 11) is 1.84. The maximum absolute atomic E-state index is 13.7. The minimum Gasteiger partial charge on any atom is -0.327 e. The second kappa shape index (κ2) is 6.12. The van der Waals surface area contributed by atoms with E-state index >= 15 is 0 Å². The van der Waals surface area contributed by atoms with Gasteiger partial charge in [-0.25, -0.2) is 9.37 Å². The summed E-state index contributed by atoms with van der Waals surface area (Å²) < 4.78 is 15.5. The minimum atomic E-state index is -0.453. The fourth-order valence-electron chi connectivity index (χ4n) is 2.93. The molecule has 1 aliphatic rings. The summed E-state index contributed by atoms with van der Waals surface area (Å²) in [5.41, 5.74) is 2.19. The molecular formula is C17H21FN4O. The highest BCUT2D eigenvalue weighted by Crippen LogP contribution is 2.22. The monoisotopic (exact) mass is 316 g/mol. The molecule has 1 aromatic carbocycles. The topological polar surface area (TPSA) is 50.2 Å². The number of amides is 1. The van der Waals surface area contributed by atoms with Gasteiger partial charge in [-0.15, -0.1) is 0 Å². The number of imidazole rings is 1. The van der Waals surface area contributed by atoms with E-state index in [1.165, 1.54) is 12.1 Å². The van der Waals surface area contributed by atoms with Crippen LogP contribution < -0.4 is 5.32 Å². The largest absolute Gasteiger partial charge is 0.327 e. The van der Waals surface area contributed by atoms with Gasteiger partial charge in [0.1, 0.15) is 5.82 Å². The van der Waals surface area contributed by atoms with E-state index in [4.69, 9.17) is 0 Å². The van der Waals surface area contributed by atoms with Crippen LogP contribution in [0.25, 0.3) is 0 Å². The van der Waals surface area contributed by atoms with Crippen LogP contribution >= 0.6 is 0 Å². The fourth-order valence-corrected chi connectivity index (χ4v) is 2.93. The molecule has 0 unspecified atom stereocenters. The first-order valence-electron chi connectivity index (χ1n) is 7.81. The number of halogens is 1. The fraction of sp³-hybridized carbons (Fsp3) is 0.412. The number of nitrogens with one attached hydrogen (secondary N) is 1. The molecule has 1 N–H and O–H groups in total. The molecule has 1 amide bonds. The lowest BCUT2D eigenvalue weighted by molar-refractivity contribution is 0.101. The maximum Gasteiger partial charge on any atom is 0.291 e. The number of carbonyl (C=O) groups excluding carboxylic acids is 1. The summed E-state index contributed by atoms with van der Waals surface area (Å²) in [6.07, 6.45) is 0.865. The molecule has 5 nitrogen and oxygen atoms in total. The first kappa shape index (κ1) is 15.7. The number of carbonyl (C=O) groups is 1. The van der Waals surface area contributed by atoms with Crippen molar-refractivity contribution in [3.63, 3.8) is 0 Å². The second-order valence-corrected chi connectivity index (χ2v) is 6.14. The van der Waals surface area contributed by atoms with Crippen LogP contribution in [-0.2, 0) is 20.0 Å². The lowest BCUT2D eigenvalue weighted by Gasteiger charge is -2.29. The van der Waals surface area contributed by atoms with Crippen molar-refractivity contribution in [2.24, 2.45) is 7.05 Å². The molecule has 6 heteroatoms. The number of fused-ring (bicyclic) bond motifs is 1. The third-order valence-electron chi connectivity index (χ3n) is 4.34. The van der Waals surface area contributed by atoms with Gasteiger partial charge in [-0.05, 0) is 26.0 Å². The van der Waals surface area contributed by atoms with Gasteiger partial charge in [0.05, 0.1) is 11.4 Å². The van der Waals surface area contributed by atoms with E-state index in [1.54, 1.807) is 12.1 Å². The predicted molar refractivity (Wildman–Crippen MR) is 86.8 cm³/mol. The first-order chi connectivity index (χ1) is 11.0. The minimum absolute atomic E-state index is 0.169.